The number of carbonyl (C=O) groups is 2. The van der Waals surface area contributed by atoms with E-state index in [1.54, 1.807) is 35.6 Å². The number of amides is 1. The largest absolute Gasteiger partial charge is 0.417 e. The SMILES string of the molecule is O=C(Nc1ccc(C(=O)c2ccc3ncc(-n4ccnc4)nc3c2)c(F)c1)c1ccc(Cl)c(C(F)(F)F)c1. The summed E-state index contributed by atoms with van der Waals surface area (Å²) in [6.07, 6.45) is 1.60. The predicted molar refractivity (Wildman–Crippen MR) is 131 cm³/mol. The molecule has 190 valence electrons. The molecule has 5 rings (SSSR count). The van der Waals surface area contributed by atoms with Gasteiger partial charge in [-0.1, -0.05) is 11.6 Å². The number of ketones is 1. The number of fused-ring (bicyclic) bond motifs is 1. The number of benzene rings is 3. The third-order valence-electron chi connectivity index (χ3n) is 5.57. The number of halogens is 5. The zero-order valence-corrected chi connectivity index (χ0v) is 19.8. The lowest BCUT2D eigenvalue weighted by Gasteiger charge is -2.12. The summed E-state index contributed by atoms with van der Waals surface area (Å²) in [6.45, 7) is 0. The highest BCUT2D eigenvalue weighted by Gasteiger charge is 2.33. The fourth-order valence-electron chi connectivity index (χ4n) is 3.68. The molecule has 2 aromatic heterocycles. The molecule has 0 atom stereocenters. The van der Waals surface area contributed by atoms with Gasteiger partial charge in [0.2, 0.25) is 0 Å². The second-order valence-corrected chi connectivity index (χ2v) is 8.48. The first kappa shape index (κ1) is 25.0. The first-order valence-electron chi connectivity index (χ1n) is 10.9. The maximum absolute atomic E-state index is 14.9. The van der Waals surface area contributed by atoms with Gasteiger partial charge < -0.3 is 5.32 Å². The number of rotatable bonds is 5. The van der Waals surface area contributed by atoms with Crippen molar-refractivity contribution in [3.05, 3.63) is 113 Å². The van der Waals surface area contributed by atoms with Crippen molar-refractivity contribution in [2.75, 3.05) is 5.32 Å². The summed E-state index contributed by atoms with van der Waals surface area (Å²) in [5.74, 6) is -2.00. The third-order valence-corrected chi connectivity index (χ3v) is 5.90. The van der Waals surface area contributed by atoms with Crippen molar-refractivity contribution in [2.45, 2.75) is 6.18 Å². The number of hydrogen-bond donors (Lipinski definition) is 1. The lowest BCUT2D eigenvalue weighted by atomic mass is 10.0. The van der Waals surface area contributed by atoms with E-state index in [9.17, 15) is 27.2 Å². The van der Waals surface area contributed by atoms with Gasteiger partial charge >= 0.3 is 6.18 Å². The summed E-state index contributed by atoms with van der Waals surface area (Å²) < 4.78 is 55.8. The van der Waals surface area contributed by atoms with Crippen molar-refractivity contribution >= 4 is 40.0 Å². The van der Waals surface area contributed by atoms with E-state index in [1.807, 2.05) is 0 Å². The summed E-state index contributed by atoms with van der Waals surface area (Å²) >= 11 is 5.58. The van der Waals surface area contributed by atoms with Crippen LogP contribution in [0.5, 0.6) is 0 Å². The molecule has 0 bridgehead atoms. The maximum Gasteiger partial charge on any atom is 0.417 e. The van der Waals surface area contributed by atoms with E-state index in [4.69, 9.17) is 11.6 Å². The molecule has 0 unspecified atom stereocenters. The Bertz CT molecular complexity index is 1700. The zero-order chi connectivity index (χ0) is 27.0. The van der Waals surface area contributed by atoms with Crippen LogP contribution in [0.25, 0.3) is 16.9 Å². The fraction of sp³-hybridized carbons (Fsp3) is 0.0385. The van der Waals surface area contributed by atoms with E-state index < -0.39 is 34.3 Å². The lowest BCUT2D eigenvalue weighted by molar-refractivity contribution is -0.137. The molecule has 0 spiro atoms. The number of hydrogen-bond acceptors (Lipinski definition) is 5. The molecule has 0 saturated carbocycles. The molecular formula is C26H14ClF4N5O2. The number of imidazole rings is 1. The highest BCUT2D eigenvalue weighted by Crippen LogP contribution is 2.35. The molecule has 1 amide bonds. The monoisotopic (exact) mass is 539 g/mol. The molecular weight excluding hydrogens is 526 g/mol. The molecule has 0 aliphatic carbocycles. The molecule has 1 N–H and O–H groups in total. The fourth-order valence-corrected chi connectivity index (χ4v) is 3.91. The van der Waals surface area contributed by atoms with Crippen LogP contribution in [0, 0.1) is 5.82 Å². The van der Waals surface area contributed by atoms with Crippen LogP contribution < -0.4 is 5.32 Å². The smallest absolute Gasteiger partial charge is 0.322 e. The Morgan fingerprint density at radius 1 is 0.947 bits per heavy atom. The van der Waals surface area contributed by atoms with E-state index >= 15 is 0 Å². The summed E-state index contributed by atoms with van der Waals surface area (Å²) in [7, 11) is 0. The molecule has 12 heteroatoms. The van der Waals surface area contributed by atoms with Crippen LogP contribution in [0.3, 0.4) is 0 Å². The molecule has 0 aliphatic rings. The molecule has 0 fully saturated rings. The summed E-state index contributed by atoms with van der Waals surface area (Å²) in [4.78, 5) is 38.2. The van der Waals surface area contributed by atoms with Crippen LogP contribution in [0.4, 0.5) is 23.2 Å². The van der Waals surface area contributed by atoms with Gasteiger partial charge in [-0.15, -0.1) is 0 Å². The lowest BCUT2D eigenvalue weighted by Crippen LogP contribution is -2.15. The summed E-state index contributed by atoms with van der Waals surface area (Å²) in [5, 5.41) is 1.77. The molecule has 0 radical (unpaired) electrons. The van der Waals surface area contributed by atoms with Gasteiger partial charge in [0.25, 0.3) is 5.91 Å². The summed E-state index contributed by atoms with van der Waals surface area (Å²) in [5.41, 5.74) is -0.724. The number of carbonyl (C=O) groups excluding carboxylic acids is 2. The molecule has 38 heavy (non-hydrogen) atoms. The van der Waals surface area contributed by atoms with Crippen molar-refractivity contribution in [2.24, 2.45) is 0 Å². The molecule has 2 heterocycles. The van der Waals surface area contributed by atoms with Crippen molar-refractivity contribution < 1.29 is 27.2 Å². The molecule has 5 aromatic rings. The minimum Gasteiger partial charge on any atom is -0.322 e. The number of anilines is 1. The quantitative estimate of drug-likeness (QED) is 0.215. The average Bonchev–Trinajstić information content (AvgIpc) is 3.42. The second kappa shape index (κ2) is 9.67. The van der Waals surface area contributed by atoms with Crippen molar-refractivity contribution in [1.82, 2.24) is 19.5 Å². The van der Waals surface area contributed by atoms with E-state index in [0.29, 0.717) is 22.9 Å². The van der Waals surface area contributed by atoms with Crippen LogP contribution >= 0.6 is 11.6 Å². The molecule has 7 nitrogen and oxygen atoms in total. The highest BCUT2D eigenvalue weighted by atomic mass is 35.5. The van der Waals surface area contributed by atoms with Gasteiger partial charge in [0.15, 0.2) is 11.6 Å². The Hall–Kier alpha value is -4.64. The van der Waals surface area contributed by atoms with Gasteiger partial charge in [-0.3, -0.25) is 19.1 Å². The van der Waals surface area contributed by atoms with Crippen LogP contribution in [0.15, 0.2) is 79.5 Å². The normalized spacial score (nSPS) is 11.5. The summed E-state index contributed by atoms with van der Waals surface area (Å²) in [6, 6.07) is 10.6. The number of nitrogens with zero attached hydrogens (tertiary/aromatic N) is 4. The van der Waals surface area contributed by atoms with Gasteiger partial charge in [0.1, 0.15) is 12.1 Å². The Morgan fingerprint density at radius 3 is 2.45 bits per heavy atom. The van der Waals surface area contributed by atoms with E-state index in [1.165, 1.54) is 24.3 Å². The van der Waals surface area contributed by atoms with E-state index in [2.05, 4.69) is 20.3 Å². The Kier molecular flexibility index (Phi) is 6.37. The molecule has 3 aromatic carbocycles. The van der Waals surface area contributed by atoms with E-state index in [-0.39, 0.29) is 22.4 Å². The topological polar surface area (TPSA) is 89.8 Å². The van der Waals surface area contributed by atoms with E-state index in [0.717, 1.165) is 18.2 Å². The van der Waals surface area contributed by atoms with Gasteiger partial charge in [-0.2, -0.15) is 13.2 Å². The van der Waals surface area contributed by atoms with Crippen LogP contribution in [0.1, 0.15) is 31.8 Å². The van der Waals surface area contributed by atoms with Gasteiger partial charge in [-0.05, 0) is 54.6 Å². The standard InChI is InChI=1S/C26H14ClF4N5O2/c27-19-5-1-15(9-18(19)26(29,30)31)25(38)34-16-3-4-17(20(28)11-16)24(37)14-2-6-21-22(10-14)35-23(12-33-21)36-8-7-32-13-36/h1-13H,(H,34,38). The third kappa shape index (κ3) is 4.96. The Morgan fingerprint density at radius 2 is 1.74 bits per heavy atom. The minimum atomic E-state index is -4.75. The first-order chi connectivity index (χ1) is 18.1. The van der Waals surface area contributed by atoms with Crippen molar-refractivity contribution in [3.63, 3.8) is 0 Å². The minimum absolute atomic E-state index is 0.0538. The van der Waals surface area contributed by atoms with Gasteiger partial charge in [0, 0.05) is 29.2 Å². The first-order valence-corrected chi connectivity index (χ1v) is 11.3. The zero-order valence-electron chi connectivity index (χ0n) is 19.0. The van der Waals surface area contributed by atoms with Crippen molar-refractivity contribution in [1.29, 1.82) is 0 Å². The average molecular weight is 540 g/mol. The second-order valence-electron chi connectivity index (χ2n) is 8.07. The Labute approximate surface area is 216 Å². The van der Waals surface area contributed by atoms with Crippen LogP contribution in [-0.4, -0.2) is 31.2 Å². The van der Waals surface area contributed by atoms with Gasteiger partial charge in [-0.25, -0.2) is 14.4 Å². The van der Waals surface area contributed by atoms with Crippen molar-refractivity contribution in [3.8, 4) is 5.82 Å². The van der Waals surface area contributed by atoms with Crippen LogP contribution in [0.2, 0.25) is 5.02 Å². The predicted octanol–water partition coefficient (Wildman–Crippen LogP) is 6.11. The Balaban J connectivity index is 1.38. The molecule has 0 aliphatic heterocycles. The number of alkyl halides is 3. The number of aromatic nitrogens is 4. The number of nitrogens with one attached hydrogen (secondary N) is 1. The maximum atomic E-state index is 14.9. The highest BCUT2D eigenvalue weighted by molar-refractivity contribution is 6.31. The molecule has 0 saturated heterocycles. The van der Waals surface area contributed by atoms with Crippen LogP contribution in [-0.2, 0) is 6.18 Å². The van der Waals surface area contributed by atoms with Gasteiger partial charge in [0.05, 0.1) is 33.4 Å².